The van der Waals surface area contributed by atoms with E-state index in [1.54, 1.807) is 4.90 Å². The van der Waals surface area contributed by atoms with Gasteiger partial charge in [-0.05, 0) is 53.0 Å². The Morgan fingerprint density at radius 3 is 2.54 bits per heavy atom. The van der Waals surface area contributed by atoms with Crippen molar-refractivity contribution in [3.05, 3.63) is 22.4 Å². The molecule has 0 saturated carbocycles. The summed E-state index contributed by atoms with van der Waals surface area (Å²) in [5.74, 6) is 0. The molecule has 5 nitrogen and oxygen atoms in total. The molecule has 1 rings (SSSR count). The zero-order chi connectivity index (χ0) is 18.5. The Balaban J connectivity index is 3.18. The van der Waals surface area contributed by atoms with Gasteiger partial charge in [0.1, 0.15) is 11.7 Å². The molecule has 0 aromatic carbocycles. The lowest BCUT2D eigenvalue weighted by molar-refractivity contribution is 0.0185. The number of nitrogens with zero attached hydrogens (tertiary/aromatic N) is 2. The quantitative estimate of drug-likeness (QED) is 0.786. The van der Waals surface area contributed by atoms with Gasteiger partial charge in [0, 0.05) is 18.8 Å². The Morgan fingerprint density at radius 2 is 2.08 bits per heavy atom. The summed E-state index contributed by atoms with van der Waals surface area (Å²) in [7, 11) is 1.84. The summed E-state index contributed by atoms with van der Waals surface area (Å²) in [6.07, 6.45) is 2.21. The fraction of sp³-hybridized carbons (Fsp3) is 0.684. The second kappa shape index (κ2) is 8.23. The molecule has 24 heavy (non-hydrogen) atoms. The Hall–Kier alpha value is -1.96. The summed E-state index contributed by atoms with van der Waals surface area (Å²) >= 11 is 0. The van der Waals surface area contributed by atoms with Crippen LogP contribution in [0.25, 0.3) is 0 Å². The van der Waals surface area contributed by atoms with Crippen LogP contribution in [0.1, 0.15) is 60.8 Å². The van der Waals surface area contributed by atoms with Crippen LogP contribution in [0.5, 0.6) is 0 Å². The molecule has 1 N–H and O–H groups in total. The van der Waals surface area contributed by atoms with Gasteiger partial charge in [0.2, 0.25) is 0 Å². The Bertz CT molecular complexity index is 576. The highest BCUT2D eigenvalue weighted by atomic mass is 16.6. The maximum absolute atomic E-state index is 12.5. The largest absolute Gasteiger partial charge is 0.444 e. The van der Waals surface area contributed by atoms with E-state index in [0.29, 0.717) is 12.1 Å². The van der Waals surface area contributed by atoms with Crippen LogP contribution in [-0.4, -0.2) is 36.2 Å². The zero-order valence-electron chi connectivity index (χ0n) is 16.1. The van der Waals surface area contributed by atoms with Crippen molar-refractivity contribution in [3.63, 3.8) is 0 Å². The number of hydrogen-bond acceptors (Lipinski definition) is 4. The van der Waals surface area contributed by atoms with Crippen LogP contribution in [0.3, 0.4) is 0 Å². The predicted molar refractivity (Wildman–Crippen MR) is 96.3 cm³/mol. The van der Waals surface area contributed by atoms with Crippen LogP contribution < -0.4 is 5.32 Å². The van der Waals surface area contributed by atoms with Crippen LogP contribution in [-0.2, 0) is 4.74 Å². The van der Waals surface area contributed by atoms with Crippen molar-refractivity contribution in [2.75, 3.05) is 13.6 Å². The maximum Gasteiger partial charge on any atom is 0.410 e. The first-order chi connectivity index (χ1) is 11.1. The van der Waals surface area contributed by atoms with Crippen LogP contribution in [0, 0.1) is 11.3 Å². The smallest absolute Gasteiger partial charge is 0.410 e. The molecule has 1 atom stereocenters. The number of allylic oxidation sites excluding steroid dienone is 1. The molecule has 0 aliphatic carbocycles. The monoisotopic (exact) mass is 333 g/mol. The highest BCUT2D eigenvalue weighted by Crippen LogP contribution is 2.30. The second-order valence-electron chi connectivity index (χ2n) is 7.39. The first kappa shape index (κ1) is 20.1. The summed E-state index contributed by atoms with van der Waals surface area (Å²) in [5, 5.41) is 12.8. The molecule has 0 radical (unpaired) electrons. The molecule has 0 aromatic heterocycles. The first-order valence-corrected chi connectivity index (χ1v) is 8.64. The van der Waals surface area contributed by atoms with E-state index >= 15 is 0 Å². The van der Waals surface area contributed by atoms with E-state index in [0.717, 1.165) is 30.5 Å². The van der Waals surface area contributed by atoms with E-state index in [2.05, 4.69) is 25.2 Å². The number of nitrogens with one attached hydrogen (secondary N) is 1. The van der Waals surface area contributed by atoms with Crippen molar-refractivity contribution < 1.29 is 9.53 Å². The average Bonchev–Trinajstić information content (AvgIpc) is 2.46. The molecule has 5 heteroatoms. The first-order valence-electron chi connectivity index (χ1n) is 8.64. The fourth-order valence-electron chi connectivity index (χ4n) is 2.94. The third kappa shape index (κ3) is 5.02. The fourth-order valence-corrected chi connectivity index (χ4v) is 2.94. The van der Waals surface area contributed by atoms with Gasteiger partial charge < -0.3 is 15.0 Å². The van der Waals surface area contributed by atoms with Gasteiger partial charge in [-0.3, -0.25) is 0 Å². The molecular formula is C19H31N3O2. The molecule has 0 spiro atoms. The molecule has 1 aliphatic rings. The van der Waals surface area contributed by atoms with Gasteiger partial charge in [0.05, 0.1) is 12.1 Å². The molecule has 0 fully saturated rings. The van der Waals surface area contributed by atoms with Crippen LogP contribution >= 0.6 is 0 Å². The summed E-state index contributed by atoms with van der Waals surface area (Å²) in [6, 6.07) is 2.40. The summed E-state index contributed by atoms with van der Waals surface area (Å²) < 4.78 is 5.53. The number of rotatable bonds is 4. The van der Waals surface area contributed by atoms with E-state index < -0.39 is 5.60 Å². The van der Waals surface area contributed by atoms with Gasteiger partial charge in [-0.1, -0.05) is 18.9 Å². The van der Waals surface area contributed by atoms with Crippen molar-refractivity contribution in [1.29, 1.82) is 5.26 Å². The third-order valence-corrected chi connectivity index (χ3v) is 4.12. The highest BCUT2D eigenvalue weighted by Gasteiger charge is 2.32. The van der Waals surface area contributed by atoms with Crippen molar-refractivity contribution in [2.45, 2.75) is 72.4 Å². The molecule has 1 aliphatic heterocycles. The van der Waals surface area contributed by atoms with Gasteiger partial charge in [-0.2, -0.15) is 5.26 Å². The minimum absolute atomic E-state index is 0.0627. The van der Waals surface area contributed by atoms with Gasteiger partial charge in [0.15, 0.2) is 0 Å². The van der Waals surface area contributed by atoms with Crippen LogP contribution in [0.2, 0.25) is 0 Å². The number of ether oxygens (including phenoxy) is 1. The van der Waals surface area contributed by atoms with Gasteiger partial charge in [-0.15, -0.1) is 0 Å². The molecule has 0 saturated heterocycles. The lowest BCUT2D eigenvalue weighted by atomic mass is 9.90. The number of amides is 1. The number of hydrogen-bond donors (Lipinski definition) is 1. The number of carbonyl (C=O) groups excluding carboxylic acids is 1. The van der Waals surface area contributed by atoms with Crippen molar-refractivity contribution in [1.82, 2.24) is 10.2 Å². The highest BCUT2D eigenvalue weighted by molar-refractivity contribution is 5.70. The van der Waals surface area contributed by atoms with Crippen LogP contribution in [0.15, 0.2) is 22.4 Å². The topological polar surface area (TPSA) is 65.4 Å². The Morgan fingerprint density at radius 1 is 1.46 bits per heavy atom. The molecule has 1 unspecified atom stereocenters. The molecule has 0 bridgehead atoms. The molecule has 1 heterocycles. The van der Waals surface area contributed by atoms with E-state index in [1.165, 1.54) is 5.57 Å². The second-order valence-corrected chi connectivity index (χ2v) is 7.39. The van der Waals surface area contributed by atoms with Gasteiger partial charge in [0.25, 0.3) is 0 Å². The average molecular weight is 333 g/mol. The Labute approximate surface area is 146 Å². The zero-order valence-corrected chi connectivity index (χ0v) is 16.1. The number of carbonyl (C=O) groups is 1. The lowest BCUT2D eigenvalue weighted by Gasteiger charge is -2.37. The maximum atomic E-state index is 12.5. The minimum atomic E-state index is -0.528. The van der Waals surface area contributed by atoms with Crippen LogP contribution in [0.4, 0.5) is 4.79 Å². The summed E-state index contributed by atoms with van der Waals surface area (Å²) in [4.78, 5) is 14.2. The lowest BCUT2D eigenvalue weighted by Crippen LogP contribution is -2.45. The number of nitriles is 1. The standard InChI is InChI=1S/C19H31N3O2/c1-8-9-17(21-7)15(11-20)16-12-22(14(3)10-13(16)2)18(23)24-19(4,5)6/h14,21H,8-10,12H2,1-7H3/b17-15+. The Kier molecular flexibility index (Phi) is 6.89. The van der Waals surface area contributed by atoms with Crippen molar-refractivity contribution in [2.24, 2.45) is 0 Å². The van der Waals surface area contributed by atoms with Crippen molar-refractivity contribution >= 4 is 6.09 Å². The summed E-state index contributed by atoms with van der Waals surface area (Å²) in [5.41, 5.74) is 3.19. The SMILES string of the molecule is CCC/C(NC)=C(/C#N)C1=C(C)CC(C)N(C(=O)OC(C)(C)C)C1. The predicted octanol–water partition coefficient (Wildman–Crippen LogP) is 4.13. The normalized spacial score (nSPS) is 19.6. The molecular weight excluding hydrogens is 302 g/mol. The van der Waals surface area contributed by atoms with E-state index in [9.17, 15) is 10.1 Å². The van der Waals surface area contributed by atoms with Gasteiger partial charge in [-0.25, -0.2) is 4.79 Å². The van der Waals surface area contributed by atoms with E-state index in [4.69, 9.17) is 4.74 Å². The van der Waals surface area contributed by atoms with E-state index in [-0.39, 0.29) is 12.1 Å². The molecule has 134 valence electrons. The van der Waals surface area contributed by atoms with Crippen molar-refractivity contribution in [3.8, 4) is 6.07 Å². The van der Waals surface area contributed by atoms with Gasteiger partial charge >= 0.3 is 6.09 Å². The third-order valence-electron chi connectivity index (χ3n) is 4.12. The molecule has 1 amide bonds. The van der Waals surface area contributed by atoms with E-state index in [1.807, 2.05) is 34.7 Å². The molecule has 0 aromatic rings. The summed E-state index contributed by atoms with van der Waals surface area (Å²) in [6.45, 7) is 12.2. The minimum Gasteiger partial charge on any atom is -0.444 e.